The molecule has 0 aliphatic heterocycles. The molecule has 0 fully saturated rings. The molecule has 0 radical (unpaired) electrons. The van der Waals surface area contributed by atoms with Crippen molar-refractivity contribution in [2.75, 3.05) is 16.5 Å². The van der Waals surface area contributed by atoms with Gasteiger partial charge >= 0.3 is 5.91 Å². The Morgan fingerprint density at radius 2 is 2.08 bits per heavy atom. The molecule has 1 amide bonds. The van der Waals surface area contributed by atoms with Gasteiger partial charge in [-0.2, -0.15) is 0 Å². The Labute approximate surface area is 137 Å². The first-order valence-electron chi connectivity index (χ1n) is 7.07. The number of amides is 1. The van der Waals surface area contributed by atoms with Crippen molar-refractivity contribution in [1.29, 1.82) is 0 Å². The molecule has 3 aromatic rings. The van der Waals surface area contributed by atoms with Gasteiger partial charge in [0.15, 0.2) is 17.4 Å². The maximum atomic E-state index is 11.8. The Hall–Kier alpha value is -3.62. The van der Waals surface area contributed by atoms with Crippen LogP contribution in [0.15, 0.2) is 53.7 Å². The van der Waals surface area contributed by atoms with Crippen LogP contribution in [0.3, 0.4) is 0 Å². The quantitative estimate of drug-likeness (QED) is 0.500. The smallest absolute Gasteiger partial charge is 0.305 e. The largest absolute Gasteiger partial charge is 0.459 e. The minimum atomic E-state index is -0.442. The highest BCUT2D eigenvalue weighted by Gasteiger charge is 2.11. The van der Waals surface area contributed by atoms with Gasteiger partial charge in [0.05, 0.1) is 6.26 Å². The molecule has 0 bridgehead atoms. The molecule has 0 aromatic carbocycles. The van der Waals surface area contributed by atoms with E-state index in [1.165, 1.54) is 12.6 Å². The van der Waals surface area contributed by atoms with E-state index in [2.05, 4.69) is 31.1 Å². The molecular weight excluding hydrogens is 310 g/mol. The fraction of sp³-hybridized carbons (Fsp3) is 0.0667. The van der Waals surface area contributed by atoms with Gasteiger partial charge in [0.1, 0.15) is 12.0 Å². The summed E-state index contributed by atoms with van der Waals surface area (Å²) in [4.78, 5) is 23.9. The van der Waals surface area contributed by atoms with Crippen LogP contribution in [0, 0.1) is 0 Å². The minimum Gasteiger partial charge on any atom is -0.459 e. The number of hydrazine groups is 1. The topological polar surface area (TPSA) is 131 Å². The van der Waals surface area contributed by atoms with Gasteiger partial charge in [-0.25, -0.2) is 9.97 Å². The molecule has 5 N–H and O–H groups in total. The standard InChI is InChI=1S/C15H15N7O2/c16-12-13(18-8-10-3-1-5-17-7-10)19-9-20-14(12)21-22-15(23)11-4-2-6-24-11/h1-7,9H,8,16H2,(H,22,23)(H2,18,19,20,21). The van der Waals surface area contributed by atoms with E-state index in [-0.39, 0.29) is 17.3 Å². The predicted octanol–water partition coefficient (Wildman–Crippen LogP) is 1.42. The lowest BCUT2D eigenvalue weighted by atomic mass is 10.3. The fourth-order valence-corrected chi connectivity index (χ4v) is 1.91. The second-order valence-electron chi connectivity index (χ2n) is 4.76. The summed E-state index contributed by atoms with van der Waals surface area (Å²) < 4.78 is 4.99. The lowest BCUT2D eigenvalue weighted by molar-refractivity contribution is 0.0935. The number of aromatic nitrogens is 3. The predicted molar refractivity (Wildman–Crippen MR) is 87.8 cm³/mol. The summed E-state index contributed by atoms with van der Waals surface area (Å²) in [6, 6.07) is 6.94. The van der Waals surface area contributed by atoms with Crippen LogP contribution in [0.25, 0.3) is 0 Å². The van der Waals surface area contributed by atoms with Crippen molar-refractivity contribution in [3.05, 3.63) is 60.6 Å². The van der Waals surface area contributed by atoms with Crippen molar-refractivity contribution in [2.45, 2.75) is 6.54 Å². The zero-order chi connectivity index (χ0) is 16.8. The van der Waals surface area contributed by atoms with Gasteiger partial charge in [-0.3, -0.25) is 20.6 Å². The van der Waals surface area contributed by atoms with Crippen molar-refractivity contribution in [3.8, 4) is 0 Å². The van der Waals surface area contributed by atoms with Crippen molar-refractivity contribution >= 4 is 23.2 Å². The van der Waals surface area contributed by atoms with Crippen LogP contribution in [0.2, 0.25) is 0 Å². The lowest BCUT2D eigenvalue weighted by Gasteiger charge is -2.12. The van der Waals surface area contributed by atoms with Gasteiger partial charge in [-0.15, -0.1) is 0 Å². The summed E-state index contributed by atoms with van der Waals surface area (Å²) in [6.07, 6.45) is 6.19. The Bertz CT molecular complexity index is 806. The zero-order valence-corrected chi connectivity index (χ0v) is 12.6. The number of nitrogens with zero attached hydrogens (tertiary/aromatic N) is 3. The molecule has 0 spiro atoms. The van der Waals surface area contributed by atoms with Crippen LogP contribution in [0.4, 0.5) is 17.3 Å². The molecule has 0 aliphatic carbocycles. The van der Waals surface area contributed by atoms with E-state index in [9.17, 15) is 4.79 Å². The number of hydrogen-bond acceptors (Lipinski definition) is 8. The van der Waals surface area contributed by atoms with Gasteiger partial charge in [0.2, 0.25) is 0 Å². The van der Waals surface area contributed by atoms with E-state index < -0.39 is 5.91 Å². The molecule has 0 unspecified atom stereocenters. The third kappa shape index (κ3) is 3.58. The molecule has 9 heteroatoms. The van der Waals surface area contributed by atoms with Crippen molar-refractivity contribution in [1.82, 2.24) is 20.4 Å². The molecule has 24 heavy (non-hydrogen) atoms. The van der Waals surface area contributed by atoms with E-state index >= 15 is 0 Å². The van der Waals surface area contributed by atoms with Crippen LogP contribution in [-0.4, -0.2) is 20.9 Å². The monoisotopic (exact) mass is 325 g/mol. The molecule has 0 saturated carbocycles. The fourth-order valence-electron chi connectivity index (χ4n) is 1.91. The van der Waals surface area contributed by atoms with Crippen molar-refractivity contribution in [3.63, 3.8) is 0 Å². The van der Waals surface area contributed by atoms with E-state index in [4.69, 9.17) is 10.2 Å². The average Bonchev–Trinajstić information content (AvgIpc) is 3.15. The first-order valence-corrected chi connectivity index (χ1v) is 7.07. The Kier molecular flexibility index (Phi) is 4.52. The van der Waals surface area contributed by atoms with Crippen LogP contribution in [-0.2, 0) is 6.54 Å². The van der Waals surface area contributed by atoms with E-state index in [0.717, 1.165) is 5.56 Å². The van der Waals surface area contributed by atoms with Gasteiger partial charge in [0, 0.05) is 18.9 Å². The third-order valence-corrected chi connectivity index (χ3v) is 3.11. The molecule has 0 saturated heterocycles. The second kappa shape index (κ2) is 7.09. The first-order chi connectivity index (χ1) is 11.7. The van der Waals surface area contributed by atoms with E-state index in [1.807, 2.05) is 12.1 Å². The SMILES string of the molecule is Nc1c(NCc2cccnc2)ncnc1NNC(=O)c1ccco1. The number of nitrogens with one attached hydrogen (secondary N) is 3. The number of carbonyl (C=O) groups excluding carboxylic acids is 1. The number of pyridine rings is 1. The molecular formula is C15H15N7O2. The van der Waals surface area contributed by atoms with Gasteiger partial charge in [-0.1, -0.05) is 6.07 Å². The Balaban J connectivity index is 1.63. The highest BCUT2D eigenvalue weighted by atomic mass is 16.3. The van der Waals surface area contributed by atoms with Gasteiger partial charge in [0.25, 0.3) is 0 Å². The third-order valence-electron chi connectivity index (χ3n) is 3.11. The number of anilines is 3. The van der Waals surface area contributed by atoms with Crippen molar-refractivity contribution in [2.24, 2.45) is 0 Å². The van der Waals surface area contributed by atoms with Crippen LogP contribution in [0.5, 0.6) is 0 Å². The Morgan fingerprint density at radius 1 is 1.21 bits per heavy atom. The molecule has 3 heterocycles. The number of furan rings is 1. The minimum absolute atomic E-state index is 0.171. The summed E-state index contributed by atoms with van der Waals surface area (Å²) in [5, 5.41) is 3.10. The maximum absolute atomic E-state index is 11.8. The number of rotatable bonds is 6. The highest BCUT2D eigenvalue weighted by molar-refractivity contribution is 5.92. The average molecular weight is 325 g/mol. The highest BCUT2D eigenvalue weighted by Crippen LogP contribution is 2.22. The van der Waals surface area contributed by atoms with Crippen LogP contribution < -0.4 is 21.9 Å². The van der Waals surface area contributed by atoms with Crippen molar-refractivity contribution < 1.29 is 9.21 Å². The van der Waals surface area contributed by atoms with Gasteiger partial charge in [-0.05, 0) is 23.8 Å². The maximum Gasteiger partial charge on any atom is 0.305 e. The lowest BCUT2D eigenvalue weighted by Crippen LogP contribution is -2.30. The van der Waals surface area contributed by atoms with Gasteiger partial charge < -0.3 is 15.5 Å². The number of nitrogen functional groups attached to an aromatic ring is 1. The van der Waals surface area contributed by atoms with E-state index in [1.54, 1.807) is 24.5 Å². The Morgan fingerprint density at radius 3 is 2.83 bits per heavy atom. The zero-order valence-electron chi connectivity index (χ0n) is 12.6. The summed E-state index contributed by atoms with van der Waals surface area (Å²) in [5.41, 5.74) is 12.4. The molecule has 0 atom stereocenters. The molecule has 9 nitrogen and oxygen atoms in total. The van der Waals surface area contributed by atoms with E-state index in [0.29, 0.717) is 12.4 Å². The molecule has 0 aliphatic rings. The molecule has 122 valence electrons. The normalized spacial score (nSPS) is 10.2. The summed E-state index contributed by atoms with van der Waals surface area (Å²) in [7, 11) is 0. The summed E-state index contributed by atoms with van der Waals surface area (Å²) >= 11 is 0. The van der Waals surface area contributed by atoms with Crippen LogP contribution in [0.1, 0.15) is 16.1 Å². The number of nitrogens with two attached hydrogens (primary N) is 1. The number of hydrogen-bond donors (Lipinski definition) is 4. The second-order valence-corrected chi connectivity index (χ2v) is 4.76. The first kappa shape index (κ1) is 15.3. The molecule has 3 aromatic heterocycles. The van der Waals surface area contributed by atoms with Crippen LogP contribution >= 0.6 is 0 Å². The summed E-state index contributed by atoms with van der Waals surface area (Å²) in [6.45, 7) is 0.507. The summed E-state index contributed by atoms with van der Waals surface area (Å²) in [5.74, 6) is 0.454. The molecule has 3 rings (SSSR count). The number of carbonyl (C=O) groups is 1.